The number of nitrogens with zero attached hydrogens (tertiary/aromatic N) is 1. The van der Waals surface area contributed by atoms with Gasteiger partial charge < -0.3 is 5.73 Å². The molecule has 1 saturated heterocycles. The number of nitrogens with two attached hydrogens (primary N) is 1. The lowest BCUT2D eigenvalue weighted by Gasteiger charge is -2.39. The molecule has 1 aromatic carbocycles. The van der Waals surface area contributed by atoms with Gasteiger partial charge in [0.2, 0.25) is 0 Å². The maximum absolute atomic E-state index is 6.51. The highest BCUT2D eigenvalue weighted by Crippen LogP contribution is 2.27. The molecule has 1 aliphatic rings. The van der Waals surface area contributed by atoms with Crippen LogP contribution in [-0.2, 0) is 0 Å². The predicted molar refractivity (Wildman–Crippen MR) is 82.0 cm³/mol. The number of hydrogen-bond donors (Lipinski definition) is 1. The van der Waals surface area contributed by atoms with Crippen molar-refractivity contribution >= 4 is 0 Å². The Morgan fingerprint density at radius 1 is 1.16 bits per heavy atom. The average Bonchev–Trinajstić information content (AvgIpc) is 2.49. The molecular formula is C17H28N2. The Morgan fingerprint density at radius 2 is 1.79 bits per heavy atom. The molecule has 1 fully saturated rings. The minimum atomic E-state index is 0.143. The molecule has 0 saturated carbocycles. The largest absolute Gasteiger partial charge is 0.323 e. The highest BCUT2D eigenvalue weighted by molar-refractivity contribution is 5.20. The quantitative estimate of drug-likeness (QED) is 0.876. The van der Waals surface area contributed by atoms with E-state index in [1.807, 2.05) is 0 Å². The van der Waals surface area contributed by atoms with Crippen LogP contribution in [0.2, 0.25) is 0 Å². The van der Waals surface area contributed by atoms with Gasteiger partial charge in [0.1, 0.15) is 0 Å². The van der Waals surface area contributed by atoms with E-state index in [1.54, 1.807) is 0 Å². The second-order valence-corrected chi connectivity index (χ2v) is 5.80. The molecule has 2 rings (SSSR count). The Bertz CT molecular complexity index is 355. The van der Waals surface area contributed by atoms with Crippen LogP contribution < -0.4 is 5.73 Å². The van der Waals surface area contributed by atoms with E-state index >= 15 is 0 Å². The van der Waals surface area contributed by atoms with E-state index in [4.69, 9.17) is 5.73 Å². The molecule has 0 spiro atoms. The first-order valence-electron chi connectivity index (χ1n) is 7.80. The number of hydrogen-bond acceptors (Lipinski definition) is 2. The van der Waals surface area contributed by atoms with Crippen LogP contribution in [0, 0.1) is 5.92 Å². The molecule has 2 unspecified atom stereocenters. The van der Waals surface area contributed by atoms with Crippen LogP contribution in [-0.4, -0.2) is 24.0 Å². The van der Waals surface area contributed by atoms with Crippen molar-refractivity contribution in [1.29, 1.82) is 0 Å². The third-order valence-electron chi connectivity index (χ3n) is 4.71. The molecule has 0 radical (unpaired) electrons. The van der Waals surface area contributed by atoms with Crippen molar-refractivity contribution in [3.8, 4) is 0 Å². The molecule has 106 valence electrons. The average molecular weight is 260 g/mol. The van der Waals surface area contributed by atoms with Crippen molar-refractivity contribution in [3.63, 3.8) is 0 Å². The first-order valence-corrected chi connectivity index (χ1v) is 7.80. The summed E-state index contributed by atoms with van der Waals surface area (Å²) in [6.07, 6.45) is 5.14. The van der Waals surface area contributed by atoms with Gasteiger partial charge in [-0.2, -0.15) is 0 Å². The van der Waals surface area contributed by atoms with Gasteiger partial charge in [0, 0.05) is 12.1 Å². The first-order chi connectivity index (χ1) is 9.26. The van der Waals surface area contributed by atoms with Gasteiger partial charge in [-0.15, -0.1) is 0 Å². The first kappa shape index (κ1) is 14.5. The molecule has 0 aromatic heterocycles. The second kappa shape index (κ2) is 7.06. The molecule has 1 heterocycles. The van der Waals surface area contributed by atoms with E-state index in [1.165, 1.54) is 37.9 Å². The van der Waals surface area contributed by atoms with E-state index in [0.29, 0.717) is 6.04 Å². The third kappa shape index (κ3) is 3.58. The molecule has 1 aliphatic heterocycles. The molecule has 2 N–H and O–H groups in total. The lowest BCUT2D eigenvalue weighted by Crippen LogP contribution is -2.46. The van der Waals surface area contributed by atoms with Crippen molar-refractivity contribution < 1.29 is 0 Å². The minimum absolute atomic E-state index is 0.143. The summed E-state index contributed by atoms with van der Waals surface area (Å²) in [5.74, 6) is 0.932. The Hall–Kier alpha value is -0.860. The predicted octanol–water partition coefficient (Wildman–Crippen LogP) is 3.59. The van der Waals surface area contributed by atoms with Gasteiger partial charge in [-0.05, 0) is 43.8 Å². The summed E-state index contributed by atoms with van der Waals surface area (Å²) < 4.78 is 0. The molecule has 0 bridgehead atoms. The highest BCUT2D eigenvalue weighted by Gasteiger charge is 2.27. The molecule has 1 aromatic rings. The van der Waals surface area contributed by atoms with E-state index in [-0.39, 0.29) is 6.04 Å². The van der Waals surface area contributed by atoms with Gasteiger partial charge in [0.15, 0.2) is 0 Å². The van der Waals surface area contributed by atoms with Gasteiger partial charge in [0.25, 0.3) is 0 Å². The summed E-state index contributed by atoms with van der Waals surface area (Å²) in [6, 6.07) is 11.2. The topological polar surface area (TPSA) is 29.3 Å². The third-order valence-corrected chi connectivity index (χ3v) is 4.71. The number of piperidine rings is 1. The van der Waals surface area contributed by atoms with Crippen molar-refractivity contribution in [2.45, 2.75) is 51.6 Å². The fraction of sp³-hybridized carbons (Fsp3) is 0.647. The Kier molecular flexibility index (Phi) is 5.41. The van der Waals surface area contributed by atoms with Crippen molar-refractivity contribution in [3.05, 3.63) is 35.9 Å². The molecule has 0 amide bonds. The summed E-state index contributed by atoms with van der Waals surface area (Å²) >= 11 is 0. The van der Waals surface area contributed by atoms with Crippen LogP contribution in [0.25, 0.3) is 0 Å². The molecule has 0 aliphatic carbocycles. The van der Waals surface area contributed by atoms with Crippen LogP contribution in [0.4, 0.5) is 0 Å². The van der Waals surface area contributed by atoms with Gasteiger partial charge in [-0.25, -0.2) is 0 Å². The maximum atomic E-state index is 6.51. The smallest absolute Gasteiger partial charge is 0.0453 e. The Morgan fingerprint density at radius 3 is 2.32 bits per heavy atom. The van der Waals surface area contributed by atoms with Crippen molar-refractivity contribution in [2.24, 2.45) is 11.7 Å². The molecular weight excluding hydrogens is 232 g/mol. The fourth-order valence-electron chi connectivity index (χ4n) is 3.33. The van der Waals surface area contributed by atoms with Crippen molar-refractivity contribution in [1.82, 2.24) is 4.90 Å². The van der Waals surface area contributed by atoms with E-state index < -0.39 is 0 Å². The Balaban J connectivity index is 2.00. The minimum Gasteiger partial charge on any atom is -0.323 e. The highest BCUT2D eigenvalue weighted by atomic mass is 15.2. The number of likely N-dealkylation sites (tertiary alicyclic amines) is 1. The number of benzene rings is 1. The summed E-state index contributed by atoms with van der Waals surface area (Å²) in [7, 11) is 0. The molecule has 19 heavy (non-hydrogen) atoms. The molecule has 2 heteroatoms. The van der Waals surface area contributed by atoms with Gasteiger partial charge in [0.05, 0.1) is 0 Å². The van der Waals surface area contributed by atoms with Crippen LogP contribution in [0.15, 0.2) is 30.3 Å². The number of rotatable bonds is 5. The van der Waals surface area contributed by atoms with E-state index in [0.717, 1.165) is 12.3 Å². The van der Waals surface area contributed by atoms with Crippen LogP contribution >= 0.6 is 0 Å². The van der Waals surface area contributed by atoms with Gasteiger partial charge in [-0.3, -0.25) is 4.90 Å². The van der Waals surface area contributed by atoms with Crippen LogP contribution in [0.3, 0.4) is 0 Å². The van der Waals surface area contributed by atoms with Crippen molar-refractivity contribution in [2.75, 3.05) is 13.1 Å². The van der Waals surface area contributed by atoms with E-state index in [9.17, 15) is 0 Å². The Labute approximate surface area is 118 Å². The second-order valence-electron chi connectivity index (χ2n) is 5.80. The van der Waals surface area contributed by atoms with E-state index in [2.05, 4.69) is 49.1 Å². The van der Waals surface area contributed by atoms with Gasteiger partial charge >= 0.3 is 0 Å². The monoisotopic (exact) mass is 260 g/mol. The zero-order chi connectivity index (χ0) is 13.7. The standard InChI is InChI=1S/C17H28N2/c1-3-14-10-12-19(13-11-14)16(4-2)17(18)15-8-6-5-7-9-15/h5-9,14,16-17H,3-4,10-13,18H2,1-2H3. The maximum Gasteiger partial charge on any atom is 0.0453 e. The fourth-order valence-corrected chi connectivity index (χ4v) is 3.33. The molecule has 2 atom stereocenters. The summed E-state index contributed by atoms with van der Waals surface area (Å²) in [5, 5.41) is 0. The van der Waals surface area contributed by atoms with Gasteiger partial charge in [-0.1, -0.05) is 50.6 Å². The summed E-state index contributed by atoms with van der Waals surface area (Å²) in [5.41, 5.74) is 7.78. The van der Waals surface area contributed by atoms with Crippen LogP contribution in [0.5, 0.6) is 0 Å². The SMILES string of the molecule is CCC1CCN(C(CC)C(N)c2ccccc2)CC1. The normalized spacial score (nSPS) is 21.2. The zero-order valence-electron chi connectivity index (χ0n) is 12.4. The molecule has 2 nitrogen and oxygen atoms in total. The van der Waals surface area contributed by atoms with Crippen LogP contribution in [0.1, 0.15) is 51.1 Å². The lowest BCUT2D eigenvalue weighted by molar-refractivity contribution is 0.111. The summed E-state index contributed by atoms with van der Waals surface area (Å²) in [6.45, 7) is 7.02. The summed E-state index contributed by atoms with van der Waals surface area (Å²) in [4.78, 5) is 2.61. The zero-order valence-corrected chi connectivity index (χ0v) is 12.4. The lowest BCUT2D eigenvalue weighted by atomic mass is 9.90.